The number of fused-ring (bicyclic) bond motifs is 1. The molecule has 0 radical (unpaired) electrons. The van der Waals surface area contributed by atoms with Crippen molar-refractivity contribution in [2.75, 3.05) is 0 Å². The number of hydrogen-bond acceptors (Lipinski definition) is 3. The number of halogens is 1. The fourth-order valence-electron chi connectivity index (χ4n) is 3.88. The maximum Gasteiger partial charge on any atom is 0.254 e. The summed E-state index contributed by atoms with van der Waals surface area (Å²) in [4.78, 5) is 25.2. The summed E-state index contributed by atoms with van der Waals surface area (Å²) in [5.41, 5.74) is 0.892. The summed E-state index contributed by atoms with van der Waals surface area (Å²) in [6, 6.07) is 7.80. The van der Waals surface area contributed by atoms with Crippen LogP contribution in [-0.4, -0.2) is 23.0 Å². The van der Waals surface area contributed by atoms with E-state index in [1.54, 1.807) is 6.21 Å². The van der Waals surface area contributed by atoms with Gasteiger partial charge in [-0.2, -0.15) is 10.1 Å². The summed E-state index contributed by atoms with van der Waals surface area (Å²) in [6.45, 7) is 0. The summed E-state index contributed by atoms with van der Waals surface area (Å²) in [5.74, 6) is -0.214. The van der Waals surface area contributed by atoms with E-state index in [-0.39, 0.29) is 35.5 Å². The number of amides is 2. The highest BCUT2D eigenvalue weighted by molar-refractivity contribution is 14.1. The SMILES string of the molecule is O=C1[C@@H]2[C@@H](C(=O)N1/N=C\c1cccc(I)c1)[C@H]1C=C[C@H]2CC1. The molecule has 3 aliphatic carbocycles. The predicted molar refractivity (Wildman–Crippen MR) is 90.9 cm³/mol. The second-order valence-electron chi connectivity index (χ2n) is 6.13. The van der Waals surface area contributed by atoms with E-state index in [9.17, 15) is 9.59 Å². The first-order valence-corrected chi connectivity index (χ1v) is 8.59. The largest absolute Gasteiger partial charge is 0.272 e. The second-order valence-corrected chi connectivity index (χ2v) is 7.38. The highest BCUT2D eigenvalue weighted by Gasteiger charge is 2.56. The molecule has 1 heterocycles. The van der Waals surface area contributed by atoms with Crippen LogP contribution in [0.15, 0.2) is 41.5 Å². The van der Waals surface area contributed by atoms with Gasteiger partial charge in [0, 0.05) is 3.57 Å². The smallest absolute Gasteiger partial charge is 0.254 e. The molecule has 2 amide bonds. The molecule has 0 N–H and O–H groups in total. The molecule has 1 aromatic rings. The van der Waals surface area contributed by atoms with E-state index in [1.165, 1.54) is 0 Å². The van der Waals surface area contributed by atoms with Crippen molar-refractivity contribution in [1.82, 2.24) is 5.01 Å². The van der Waals surface area contributed by atoms with Crippen molar-refractivity contribution in [2.45, 2.75) is 12.8 Å². The average molecular weight is 406 g/mol. The van der Waals surface area contributed by atoms with Crippen LogP contribution in [0.3, 0.4) is 0 Å². The number of benzene rings is 1. The predicted octanol–water partition coefficient (Wildman–Crippen LogP) is 2.82. The Hall–Kier alpha value is -1.50. The molecule has 0 aromatic heterocycles. The van der Waals surface area contributed by atoms with Gasteiger partial charge in [-0.3, -0.25) is 9.59 Å². The van der Waals surface area contributed by atoms with Crippen LogP contribution in [0.2, 0.25) is 0 Å². The number of hydrogen-bond donors (Lipinski definition) is 0. The van der Waals surface area contributed by atoms with Gasteiger partial charge in [-0.25, -0.2) is 0 Å². The molecule has 22 heavy (non-hydrogen) atoms. The minimum atomic E-state index is -0.190. The fraction of sp³-hybridized carbons (Fsp3) is 0.353. The molecule has 5 heteroatoms. The monoisotopic (exact) mass is 406 g/mol. The molecule has 4 aliphatic rings. The van der Waals surface area contributed by atoms with Crippen LogP contribution in [0.1, 0.15) is 18.4 Å². The first kappa shape index (κ1) is 14.1. The summed E-state index contributed by atoms with van der Waals surface area (Å²) in [5, 5.41) is 5.30. The van der Waals surface area contributed by atoms with Crippen LogP contribution in [0.25, 0.3) is 0 Å². The van der Waals surface area contributed by atoms with Gasteiger partial charge < -0.3 is 0 Å². The molecule has 1 saturated heterocycles. The average Bonchev–Trinajstić information content (AvgIpc) is 2.80. The Kier molecular flexibility index (Phi) is 3.40. The molecule has 4 nitrogen and oxygen atoms in total. The maximum absolute atomic E-state index is 12.6. The van der Waals surface area contributed by atoms with Crippen molar-refractivity contribution in [1.29, 1.82) is 0 Å². The van der Waals surface area contributed by atoms with Crippen molar-refractivity contribution in [3.63, 3.8) is 0 Å². The van der Waals surface area contributed by atoms with E-state index in [1.807, 2.05) is 24.3 Å². The zero-order chi connectivity index (χ0) is 15.3. The molecule has 112 valence electrons. The molecule has 0 spiro atoms. The second kappa shape index (κ2) is 5.30. The molecule has 1 saturated carbocycles. The molecule has 0 unspecified atom stereocenters. The zero-order valence-electron chi connectivity index (χ0n) is 11.9. The third kappa shape index (κ3) is 2.14. The van der Waals surface area contributed by atoms with Gasteiger partial charge in [0.15, 0.2) is 0 Å². The standard InChI is InChI=1S/C17H15IN2O2/c18-13-3-1-2-10(8-13)9-19-20-16(21)14-11-4-5-12(7-6-11)15(14)17(20)22/h1-5,8-9,11-12,14-15H,6-7H2/b19-9-/t11-,12-,14-,15-/m0/s1. The Labute approximate surface area is 142 Å². The van der Waals surface area contributed by atoms with Crippen molar-refractivity contribution in [3.8, 4) is 0 Å². The van der Waals surface area contributed by atoms with Gasteiger partial charge in [-0.05, 0) is 65.0 Å². The third-order valence-electron chi connectivity index (χ3n) is 4.91. The lowest BCUT2D eigenvalue weighted by Crippen LogP contribution is -2.38. The van der Waals surface area contributed by atoms with Gasteiger partial charge in [-0.1, -0.05) is 24.3 Å². The molecular formula is C17H15IN2O2. The first-order valence-electron chi connectivity index (χ1n) is 7.51. The van der Waals surface area contributed by atoms with E-state index >= 15 is 0 Å². The maximum atomic E-state index is 12.6. The summed E-state index contributed by atoms with van der Waals surface area (Å²) in [7, 11) is 0. The quantitative estimate of drug-likeness (QED) is 0.328. The highest BCUT2D eigenvalue weighted by Crippen LogP contribution is 2.49. The van der Waals surface area contributed by atoms with Crippen LogP contribution in [0.5, 0.6) is 0 Å². The van der Waals surface area contributed by atoms with E-state index in [0.717, 1.165) is 27.0 Å². The molecule has 4 atom stereocenters. The lowest BCUT2D eigenvalue weighted by atomic mass is 9.63. The topological polar surface area (TPSA) is 49.7 Å². The normalized spacial score (nSPS) is 33.0. The Morgan fingerprint density at radius 3 is 2.27 bits per heavy atom. The minimum absolute atomic E-state index is 0.129. The molecular weight excluding hydrogens is 391 g/mol. The van der Waals surface area contributed by atoms with Crippen molar-refractivity contribution < 1.29 is 9.59 Å². The fourth-order valence-corrected chi connectivity index (χ4v) is 4.45. The van der Waals surface area contributed by atoms with E-state index in [2.05, 4.69) is 39.8 Å². The number of hydrazone groups is 1. The van der Waals surface area contributed by atoms with Gasteiger partial charge in [0.2, 0.25) is 0 Å². The third-order valence-corrected chi connectivity index (χ3v) is 5.58. The molecule has 2 bridgehead atoms. The Morgan fingerprint density at radius 1 is 1.09 bits per heavy atom. The van der Waals surface area contributed by atoms with Crippen molar-refractivity contribution >= 4 is 40.6 Å². The summed E-state index contributed by atoms with van der Waals surface area (Å²) in [6.07, 6.45) is 7.86. The van der Waals surface area contributed by atoms with Crippen LogP contribution in [0, 0.1) is 27.2 Å². The van der Waals surface area contributed by atoms with E-state index in [0.29, 0.717) is 0 Å². The Balaban J connectivity index is 1.61. The molecule has 5 rings (SSSR count). The van der Waals surface area contributed by atoms with Crippen molar-refractivity contribution in [2.24, 2.45) is 28.8 Å². The van der Waals surface area contributed by atoms with Crippen LogP contribution < -0.4 is 0 Å². The lowest BCUT2D eigenvalue weighted by Gasteiger charge is -2.37. The zero-order valence-corrected chi connectivity index (χ0v) is 14.0. The van der Waals surface area contributed by atoms with Crippen LogP contribution >= 0.6 is 22.6 Å². The Bertz CT molecular complexity index is 680. The first-order chi connectivity index (χ1) is 10.6. The van der Waals surface area contributed by atoms with Gasteiger partial charge >= 0.3 is 0 Å². The lowest BCUT2D eigenvalue weighted by molar-refractivity contribution is -0.140. The summed E-state index contributed by atoms with van der Waals surface area (Å²) >= 11 is 2.22. The summed E-state index contributed by atoms with van der Waals surface area (Å²) < 4.78 is 1.09. The van der Waals surface area contributed by atoms with Crippen LogP contribution in [0.4, 0.5) is 0 Å². The molecule has 2 fully saturated rings. The number of imide groups is 1. The minimum Gasteiger partial charge on any atom is -0.272 e. The van der Waals surface area contributed by atoms with E-state index in [4.69, 9.17) is 0 Å². The van der Waals surface area contributed by atoms with Gasteiger partial charge in [-0.15, -0.1) is 0 Å². The number of nitrogens with zero attached hydrogens (tertiary/aromatic N) is 2. The molecule has 1 aromatic carbocycles. The Morgan fingerprint density at radius 2 is 1.73 bits per heavy atom. The van der Waals surface area contributed by atoms with Gasteiger partial charge in [0.05, 0.1) is 18.1 Å². The number of allylic oxidation sites excluding steroid dienone is 2. The number of carbonyl (C=O) groups is 2. The number of carbonyl (C=O) groups excluding carboxylic acids is 2. The van der Waals surface area contributed by atoms with Gasteiger partial charge in [0.25, 0.3) is 11.8 Å². The highest BCUT2D eigenvalue weighted by atomic mass is 127. The van der Waals surface area contributed by atoms with Gasteiger partial charge in [0.1, 0.15) is 0 Å². The molecule has 1 aliphatic heterocycles. The number of rotatable bonds is 2. The van der Waals surface area contributed by atoms with E-state index < -0.39 is 0 Å². The van der Waals surface area contributed by atoms with Crippen LogP contribution in [-0.2, 0) is 9.59 Å². The van der Waals surface area contributed by atoms with Crippen molar-refractivity contribution in [3.05, 3.63) is 45.6 Å².